The van der Waals surface area contributed by atoms with E-state index < -0.39 is 0 Å². The molecule has 0 aliphatic heterocycles. The molecule has 0 bridgehead atoms. The Morgan fingerprint density at radius 3 is 2.68 bits per heavy atom. The van der Waals surface area contributed by atoms with E-state index in [-0.39, 0.29) is 12.0 Å². The van der Waals surface area contributed by atoms with Crippen molar-refractivity contribution in [2.24, 2.45) is 0 Å². The minimum Gasteiger partial charge on any atom is -0.493 e. The lowest BCUT2D eigenvalue weighted by atomic mass is 10.1. The first-order valence-electron chi connectivity index (χ1n) is 6.23. The normalized spacial score (nSPS) is 11.8. The lowest BCUT2D eigenvalue weighted by Gasteiger charge is -2.16. The number of rotatable bonds is 7. The molecule has 106 valence electrons. The molecule has 0 heterocycles. The Labute approximate surface area is 113 Å². The van der Waals surface area contributed by atoms with Gasteiger partial charge in [-0.25, -0.2) is 0 Å². The first kappa shape index (κ1) is 15.3. The standard InChI is InChI=1S/C14H21NO4/c1-5-19-12-8-6-7-11(13(12)17-3)9-15-10(2)14(16)18-4/h6-8,10,15H,5,9H2,1-4H3. The SMILES string of the molecule is CCOc1cccc(CNC(C)C(=O)OC)c1OC. The minimum absolute atomic E-state index is 0.292. The Bertz CT molecular complexity index is 420. The Hall–Kier alpha value is -1.75. The van der Waals surface area contributed by atoms with E-state index >= 15 is 0 Å². The second-order valence-corrected chi connectivity index (χ2v) is 4.01. The summed E-state index contributed by atoms with van der Waals surface area (Å²) in [6.07, 6.45) is 0. The van der Waals surface area contributed by atoms with Gasteiger partial charge in [-0.05, 0) is 19.9 Å². The zero-order valence-corrected chi connectivity index (χ0v) is 11.9. The van der Waals surface area contributed by atoms with Crippen molar-refractivity contribution < 1.29 is 19.0 Å². The summed E-state index contributed by atoms with van der Waals surface area (Å²) in [7, 11) is 2.97. The van der Waals surface area contributed by atoms with Gasteiger partial charge in [0.05, 0.1) is 20.8 Å². The van der Waals surface area contributed by atoms with Gasteiger partial charge in [-0.1, -0.05) is 12.1 Å². The van der Waals surface area contributed by atoms with Gasteiger partial charge in [-0.2, -0.15) is 0 Å². The van der Waals surface area contributed by atoms with Crippen molar-refractivity contribution in [3.63, 3.8) is 0 Å². The summed E-state index contributed by atoms with van der Waals surface area (Å²) < 4.78 is 15.5. The minimum atomic E-state index is -0.370. The summed E-state index contributed by atoms with van der Waals surface area (Å²) in [4.78, 5) is 11.3. The van der Waals surface area contributed by atoms with Crippen molar-refractivity contribution in [1.82, 2.24) is 5.32 Å². The summed E-state index contributed by atoms with van der Waals surface area (Å²) in [5.41, 5.74) is 0.934. The lowest BCUT2D eigenvalue weighted by molar-refractivity contribution is -0.142. The largest absolute Gasteiger partial charge is 0.493 e. The van der Waals surface area contributed by atoms with Crippen LogP contribution in [-0.4, -0.2) is 32.8 Å². The predicted octanol–water partition coefficient (Wildman–Crippen LogP) is 1.74. The fraction of sp³-hybridized carbons (Fsp3) is 0.500. The van der Waals surface area contributed by atoms with Crippen LogP contribution in [0, 0.1) is 0 Å². The van der Waals surface area contributed by atoms with Crippen LogP contribution in [0.3, 0.4) is 0 Å². The molecule has 0 spiro atoms. The number of carbonyl (C=O) groups is 1. The summed E-state index contributed by atoms with van der Waals surface area (Å²) in [5.74, 6) is 1.10. The summed E-state index contributed by atoms with van der Waals surface area (Å²) >= 11 is 0. The van der Waals surface area contributed by atoms with Crippen molar-refractivity contribution in [2.75, 3.05) is 20.8 Å². The number of carbonyl (C=O) groups excluding carboxylic acids is 1. The topological polar surface area (TPSA) is 56.8 Å². The molecule has 0 aliphatic rings. The van der Waals surface area contributed by atoms with E-state index in [0.29, 0.717) is 24.7 Å². The second kappa shape index (κ2) is 7.63. The molecule has 19 heavy (non-hydrogen) atoms. The second-order valence-electron chi connectivity index (χ2n) is 4.01. The molecule has 0 saturated heterocycles. The number of para-hydroxylation sites is 1. The molecule has 1 atom stereocenters. The van der Waals surface area contributed by atoms with Gasteiger partial charge in [-0.15, -0.1) is 0 Å². The van der Waals surface area contributed by atoms with Crippen LogP contribution in [0.15, 0.2) is 18.2 Å². The van der Waals surface area contributed by atoms with Gasteiger partial charge in [0.1, 0.15) is 6.04 Å². The number of nitrogens with one attached hydrogen (secondary N) is 1. The molecule has 0 radical (unpaired) electrons. The maximum Gasteiger partial charge on any atom is 0.322 e. The highest BCUT2D eigenvalue weighted by Crippen LogP contribution is 2.30. The number of benzene rings is 1. The Balaban J connectivity index is 2.77. The predicted molar refractivity (Wildman–Crippen MR) is 72.5 cm³/mol. The Morgan fingerprint density at radius 1 is 1.37 bits per heavy atom. The molecular weight excluding hydrogens is 246 g/mol. The van der Waals surface area contributed by atoms with Crippen molar-refractivity contribution in [1.29, 1.82) is 0 Å². The first-order valence-corrected chi connectivity index (χ1v) is 6.23. The smallest absolute Gasteiger partial charge is 0.322 e. The average molecular weight is 267 g/mol. The van der Waals surface area contributed by atoms with Crippen LogP contribution in [0.4, 0.5) is 0 Å². The van der Waals surface area contributed by atoms with E-state index in [0.717, 1.165) is 5.56 Å². The molecule has 1 aromatic rings. The van der Waals surface area contributed by atoms with Crippen LogP contribution >= 0.6 is 0 Å². The molecule has 1 aromatic carbocycles. The molecule has 1 unspecified atom stereocenters. The molecular formula is C14H21NO4. The summed E-state index contributed by atoms with van der Waals surface area (Å²) in [6, 6.07) is 5.31. The van der Waals surface area contributed by atoms with Crippen LogP contribution < -0.4 is 14.8 Å². The van der Waals surface area contributed by atoms with Gasteiger partial charge in [0.15, 0.2) is 11.5 Å². The third-order valence-electron chi connectivity index (χ3n) is 2.72. The van der Waals surface area contributed by atoms with Crippen LogP contribution in [-0.2, 0) is 16.1 Å². The van der Waals surface area contributed by atoms with Crippen LogP contribution in [0.1, 0.15) is 19.4 Å². The molecule has 5 nitrogen and oxygen atoms in total. The molecule has 0 saturated carbocycles. The summed E-state index contributed by atoms with van der Waals surface area (Å²) in [6.45, 7) is 4.75. The van der Waals surface area contributed by atoms with E-state index in [2.05, 4.69) is 10.1 Å². The van der Waals surface area contributed by atoms with E-state index in [9.17, 15) is 4.79 Å². The maximum atomic E-state index is 11.3. The van der Waals surface area contributed by atoms with E-state index in [1.54, 1.807) is 14.0 Å². The van der Waals surface area contributed by atoms with Gasteiger partial charge < -0.3 is 19.5 Å². The van der Waals surface area contributed by atoms with Crippen molar-refractivity contribution in [3.8, 4) is 11.5 Å². The van der Waals surface area contributed by atoms with Crippen LogP contribution in [0.2, 0.25) is 0 Å². The third-order valence-corrected chi connectivity index (χ3v) is 2.72. The molecule has 1 N–H and O–H groups in total. The fourth-order valence-electron chi connectivity index (χ4n) is 1.72. The molecule has 0 aromatic heterocycles. The molecule has 5 heteroatoms. The molecule has 1 rings (SSSR count). The van der Waals surface area contributed by atoms with Crippen molar-refractivity contribution >= 4 is 5.97 Å². The van der Waals surface area contributed by atoms with E-state index in [4.69, 9.17) is 9.47 Å². The number of methoxy groups -OCH3 is 2. The van der Waals surface area contributed by atoms with E-state index in [1.807, 2.05) is 25.1 Å². The van der Waals surface area contributed by atoms with Gasteiger partial charge in [0, 0.05) is 12.1 Å². The highest BCUT2D eigenvalue weighted by Gasteiger charge is 2.14. The van der Waals surface area contributed by atoms with E-state index in [1.165, 1.54) is 7.11 Å². The number of ether oxygens (including phenoxy) is 3. The van der Waals surface area contributed by atoms with Crippen molar-refractivity contribution in [2.45, 2.75) is 26.4 Å². The zero-order chi connectivity index (χ0) is 14.3. The zero-order valence-electron chi connectivity index (χ0n) is 11.9. The maximum absolute atomic E-state index is 11.3. The van der Waals surface area contributed by atoms with Crippen molar-refractivity contribution in [3.05, 3.63) is 23.8 Å². The van der Waals surface area contributed by atoms with Gasteiger partial charge >= 0.3 is 5.97 Å². The monoisotopic (exact) mass is 267 g/mol. The number of esters is 1. The quantitative estimate of drug-likeness (QED) is 0.763. The summed E-state index contributed by atoms with van der Waals surface area (Å²) in [5, 5.41) is 3.08. The van der Waals surface area contributed by atoms with Gasteiger partial charge in [0.2, 0.25) is 0 Å². The Morgan fingerprint density at radius 2 is 2.11 bits per heavy atom. The molecule has 0 aliphatic carbocycles. The number of hydrogen-bond donors (Lipinski definition) is 1. The fourth-order valence-corrected chi connectivity index (χ4v) is 1.72. The van der Waals surface area contributed by atoms with Gasteiger partial charge in [0.25, 0.3) is 0 Å². The highest BCUT2D eigenvalue weighted by atomic mass is 16.5. The number of hydrogen-bond acceptors (Lipinski definition) is 5. The van der Waals surface area contributed by atoms with Crippen LogP contribution in [0.5, 0.6) is 11.5 Å². The average Bonchev–Trinajstić information content (AvgIpc) is 2.44. The Kier molecular flexibility index (Phi) is 6.15. The van der Waals surface area contributed by atoms with Crippen LogP contribution in [0.25, 0.3) is 0 Å². The molecule has 0 amide bonds. The third kappa shape index (κ3) is 4.13. The highest BCUT2D eigenvalue weighted by molar-refractivity contribution is 5.75. The molecule has 0 fully saturated rings. The lowest BCUT2D eigenvalue weighted by Crippen LogP contribution is -2.34. The first-order chi connectivity index (χ1) is 9.13. The van der Waals surface area contributed by atoms with Gasteiger partial charge in [-0.3, -0.25) is 4.79 Å².